The zero-order valence-electron chi connectivity index (χ0n) is 11.2. The molecule has 0 atom stereocenters. The highest BCUT2D eigenvalue weighted by atomic mass is 16.2. The summed E-state index contributed by atoms with van der Waals surface area (Å²) in [6.07, 6.45) is 0.837. The van der Waals surface area contributed by atoms with Gasteiger partial charge in [-0.1, -0.05) is 29.8 Å². The summed E-state index contributed by atoms with van der Waals surface area (Å²) in [4.78, 5) is 25.4. The van der Waals surface area contributed by atoms with Gasteiger partial charge >= 0.3 is 0 Å². The van der Waals surface area contributed by atoms with E-state index in [0.29, 0.717) is 12.8 Å². The van der Waals surface area contributed by atoms with E-state index in [0.717, 1.165) is 5.56 Å². The van der Waals surface area contributed by atoms with E-state index >= 15 is 0 Å². The Labute approximate surface area is 108 Å². The Balaban J connectivity index is 2.08. The molecule has 3 heteroatoms. The quantitative estimate of drug-likeness (QED) is 0.800. The van der Waals surface area contributed by atoms with E-state index in [9.17, 15) is 9.59 Å². The zero-order valence-corrected chi connectivity index (χ0v) is 11.2. The third-order valence-electron chi connectivity index (χ3n) is 3.47. The molecule has 18 heavy (non-hydrogen) atoms. The molecule has 3 nitrogen and oxygen atoms in total. The number of benzene rings is 1. The molecule has 0 aromatic heterocycles. The minimum Gasteiger partial charge on any atom is -0.330 e. The summed E-state index contributed by atoms with van der Waals surface area (Å²) < 4.78 is 0. The first-order valence-electron chi connectivity index (χ1n) is 6.26. The van der Waals surface area contributed by atoms with E-state index in [-0.39, 0.29) is 23.8 Å². The fraction of sp³-hybridized carbons (Fsp3) is 0.467. The molecular formula is C15H19NO2. The standard InChI is InChI=1S/C15H19NO2/c1-11-4-6-12(7-5-11)8-14(18)16-10-13(17)9-15(16,2)3/h4-7H,8-10H2,1-3H3. The van der Waals surface area contributed by atoms with Gasteiger partial charge in [0.15, 0.2) is 5.78 Å². The van der Waals surface area contributed by atoms with Crippen LogP contribution < -0.4 is 0 Å². The van der Waals surface area contributed by atoms with Crippen LogP contribution in [0.3, 0.4) is 0 Å². The number of ketones is 1. The average Bonchev–Trinajstić information content (AvgIpc) is 2.55. The normalized spacial score (nSPS) is 18.2. The fourth-order valence-electron chi connectivity index (χ4n) is 2.43. The maximum Gasteiger partial charge on any atom is 0.227 e. The van der Waals surface area contributed by atoms with Crippen molar-refractivity contribution in [2.75, 3.05) is 6.54 Å². The first kappa shape index (κ1) is 12.8. The van der Waals surface area contributed by atoms with Crippen LogP contribution in [0.25, 0.3) is 0 Å². The van der Waals surface area contributed by atoms with Crippen LogP contribution in [0.1, 0.15) is 31.4 Å². The van der Waals surface area contributed by atoms with Crippen molar-refractivity contribution in [1.29, 1.82) is 0 Å². The summed E-state index contributed by atoms with van der Waals surface area (Å²) in [7, 11) is 0. The zero-order chi connectivity index (χ0) is 13.3. The highest BCUT2D eigenvalue weighted by Gasteiger charge is 2.39. The molecule has 0 bridgehead atoms. The smallest absolute Gasteiger partial charge is 0.227 e. The molecule has 1 aliphatic heterocycles. The number of carbonyl (C=O) groups excluding carboxylic acids is 2. The molecule has 1 amide bonds. The molecule has 0 saturated carbocycles. The Morgan fingerprint density at radius 2 is 1.89 bits per heavy atom. The van der Waals surface area contributed by atoms with Crippen molar-refractivity contribution in [1.82, 2.24) is 4.90 Å². The molecule has 1 aromatic carbocycles. The Morgan fingerprint density at radius 1 is 1.28 bits per heavy atom. The van der Waals surface area contributed by atoms with Gasteiger partial charge in [-0.2, -0.15) is 0 Å². The number of Topliss-reactive ketones (excluding diaryl/α,β-unsaturated/α-hetero) is 1. The molecule has 0 N–H and O–H groups in total. The van der Waals surface area contributed by atoms with Gasteiger partial charge in [0.05, 0.1) is 13.0 Å². The second-order valence-corrected chi connectivity index (χ2v) is 5.67. The molecule has 2 rings (SSSR count). The lowest BCUT2D eigenvalue weighted by molar-refractivity contribution is -0.134. The van der Waals surface area contributed by atoms with Crippen LogP contribution in [0.5, 0.6) is 0 Å². The predicted octanol–water partition coefficient (Wildman–Crippen LogP) is 2.12. The van der Waals surface area contributed by atoms with Crippen LogP contribution in [0.2, 0.25) is 0 Å². The van der Waals surface area contributed by atoms with Gasteiger partial charge in [0.2, 0.25) is 5.91 Å². The van der Waals surface area contributed by atoms with Gasteiger partial charge in [-0.25, -0.2) is 0 Å². The monoisotopic (exact) mass is 245 g/mol. The summed E-state index contributed by atoms with van der Waals surface area (Å²) in [6, 6.07) is 7.95. The third-order valence-corrected chi connectivity index (χ3v) is 3.47. The van der Waals surface area contributed by atoms with Crippen LogP contribution in [0.4, 0.5) is 0 Å². The van der Waals surface area contributed by atoms with Crippen molar-refractivity contribution in [2.24, 2.45) is 0 Å². The topological polar surface area (TPSA) is 37.4 Å². The van der Waals surface area contributed by atoms with Crippen molar-refractivity contribution < 1.29 is 9.59 Å². The molecule has 0 aliphatic carbocycles. The molecule has 1 aromatic rings. The molecule has 1 aliphatic rings. The first-order chi connectivity index (χ1) is 8.38. The molecule has 1 fully saturated rings. The summed E-state index contributed by atoms with van der Waals surface area (Å²) in [5.41, 5.74) is 1.85. The van der Waals surface area contributed by atoms with Crippen LogP contribution in [-0.2, 0) is 16.0 Å². The maximum atomic E-state index is 12.2. The van der Waals surface area contributed by atoms with Gasteiger partial charge in [-0.3, -0.25) is 9.59 Å². The minimum absolute atomic E-state index is 0.0368. The van der Waals surface area contributed by atoms with Crippen LogP contribution in [0, 0.1) is 6.92 Å². The fourth-order valence-corrected chi connectivity index (χ4v) is 2.43. The van der Waals surface area contributed by atoms with Crippen LogP contribution >= 0.6 is 0 Å². The molecule has 96 valence electrons. The van der Waals surface area contributed by atoms with E-state index in [1.165, 1.54) is 5.56 Å². The molecule has 1 heterocycles. The number of hydrogen-bond acceptors (Lipinski definition) is 2. The highest BCUT2D eigenvalue weighted by Crippen LogP contribution is 2.26. The largest absolute Gasteiger partial charge is 0.330 e. The lowest BCUT2D eigenvalue weighted by Crippen LogP contribution is -2.43. The third kappa shape index (κ3) is 2.61. The number of nitrogens with zero attached hydrogens (tertiary/aromatic N) is 1. The Morgan fingerprint density at radius 3 is 2.39 bits per heavy atom. The lowest BCUT2D eigenvalue weighted by Gasteiger charge is -2.30. The van der Waals surface area contributed by atoms with Crippen molar-refractivity contribution in [3.63, 3.8) is 0 Å². The number of aryl methyl sites for hydroxylation is 1. The van der Waals surface area contributed by atoms with Gasteiger partial charge in [-0.15, -0.1) is 0 Å². The minimum atomic E-state index is -0.334. The summed E-state index contributed by atoms with van der Waals surface area (Å²) in [6.45, 7) is 6.18. The number of rotatable bonds is 2. The van der Waals surface area contributed by atoms with Gasteiger partial charge in [0.25, 0.3) is 0 Å². The summed E-state index contributed by atoms with van der Waals surface area (Å²) in [5.74, 6) is 0.187. The summed E-state index contributed by atoms with van der Waals surface area (Å²) >= 11 is 0. The van der Waals surface area contributed by atoms with Gasteiger partial charge in [-0.05, 0) is 26.3 Å². The Hall–Kier alpha value is -1.64. The summed E-state index contributed by atoms with van der Waals surface area (Å²) in [5, 5.41) is 0. The van der Waals surface area contributed by atoms with Crippen molar-refractivity contribution in [2.45, 2.75) is 39.2 Å². The number of amides is 1. The van der Waals surface area contributed by atoms with Crippen LogP contribution in [0.15, 0.2) is 24.3 Å². The lowest BCUT2D eigenvalue weighted by atomic mass is 10.0. The van der Waals surface area contributed by atoms with Gasteiger partial charge < -0.3 is 4.90 Å². The molecule has 0 unspecified atom stereocenters. The van der Waals surface area contributed by atoms with E-state index in [4.69, 9.17) is 0 Å². The van der Waals surface area contributed by atoms with E-state index in [1.54, 1.807) is 4.90 Å². The van der Waals surface area contributed by atoms with E-state index in [1.807, 2.05) is 45.0 Å². The number of carbonyl (C=O) groups is 2. The number of likely N-dealkylation sites (tertiary alicyclic amines) is 1. The molecule has 0 radical (unpaired) electrons. The predicted molar refractivity (Wildman–Crippen MR) is 70.3 cm³/mol. The first-order valence-corrected chi connectivity index (χ1v) is 6.26. The second-order valence-electron chi connectivity index (χ2n) is 5.67. The maximum absolute atomic E-state index is 12.2. The van der Waals surface area contributed by atoms with Crippen molar-refractivity contribution in [3.8, 4) is 0 Å². The second kappa shape index (κ2) is 4.56. The molecule has 0 spiro atoms. The highest BCUT2D eigenvalue weighted by molar-refractivity contribution is 5.91. The van der Waals surface area contributed by atoms with Gasteiger partial charge in [0.1, 0.15) is 0 Å². The Kier molecular flexibility index (Phi) is 3.24. The number of hydrogen-bond donors (Lipinski definition) is 0. The average molecular weight is 245 g/mol. The van der Waals surface area contributed by atoms with Crippen LogP contribution in [-0.4, -0.2) is 28.7 Å². The van der Waals surface area contributed by atoms with E-state index < -0.39 is 0 Å². The molecule has 1 saturated heterocycles. The van der Waals surface area contributed by atoms with Crippen molar-refractivity contribution in [3.05, 3.63) is 35.4 Å². The SMILES string of the molecule is Cc1ccc(CC(=O)N2CC(=O)CC2(C)C)cc1. The van der Waals surface area contributed by atoms with Crippen molar-refractivity contribution >= 4 is 11.7 Å². The van der Waals surface area contributed by atoms with E-state index in [2.05, 4.69) is 0 Å². The van der Waals surface area contributed by atoms with Gasteiger partial charge in [0, 0.05) is 12.0 Å². The Bertz CT molecular complexity index is 474. The molecular weight excluding hydrogens is 226 g/mol.